The van der Waals surface area contributed by atoms with Gasteiger partial charge in [0.25, 0.3) is 0 Å². The van der Waals surface area contributed by atoms with Crippen LogP contribution in [0.1, 0.15) is 47.0 Å². The zero-order valence-electron chi connectivity index (χ0n) is 12.1. The minimum Gasteiger partial charge on any atom is -0.446 e. The monoisotopic (exact) mass is 269 g/mol. The Bertz CT molecular complexity index is 384. The van der Waals surface area contributed by atoms with Crippen LogP contribution in [0, 0.1) is 0 Å². The van der Waals surface area contributed by atoms with E-state index in [4.69, 9.17) is 19.9 Å². The van der Waals surface area contributed by atoms with Gasteiger partial charge in [0, 0.05) is 6.42 Å². The molecule has 5 nitrogen and oxygen atoms in total. The SMILES string of the molecule is CC1(C)OC(C2=CCC(OC(N)=O)CC2)OC1(C)C. The van der Waals surface area contributed by atoms with Crippen LogP contribution in [0.15, 0.2) is 11.6 Å². The van der Waals surface area contributed by atoms with Crippen molar-refractivity contribution < 1.29 is 19.0 Å². The summed E-state index contributed by atoms with van der Waals surface area (Å²) in [6, 6.07) is 0. The first kappa shape index (κ1) is 14.3. The summed E-state index contributed by atoms with van der Waals surface area (Å²) in [6.07, 6.45) is 3.15. The van der Waals surface area contributed by atoms with E-state index in [0.717, 1.165) is 18.4 Å². The highest BCUT2D eigenvalue weighted by atomic mass is 16.7. The van der Waals surface area contributed by atoms with E-state index in [1.807, 2.05) is 33.8 Å². The minimum atomic E-state index is -0.711. The summed E-state index contributed by atoms with van der Waals surface area (Å²) in [4.78, 5) is 10.7. The van der Waals surface area contributed by atoms with Crippen LogP contribution in [0.5, 0.6) is 0 Å². The molecule has 0 aromatic rings. The van der Waals surface area contributed by atoms with Crippen LogP contribution in [-0.2, 0) is 14.2 Å². The predicted octanol–water partition coefficient (Wildman–Crippen LogP) is 2.49. The van der Waals surface area contributed by atoms with Crippen molar-refractivity contribution in [3.05, 3.63) is 11.6 Å². The normalized spacial score (nSPS) is 29.9. The number of hydrogen-bond donors (Lipinski definition) is 1. The lowest BCUT2D eigenvalue weighted by Crippen LogP contribution is -2.41. The van der Waals surface area contributed by atoms with Crippen LogP contribution in [0.3, 0.4) is 0 Å². The average molecular weight is 269 g/mol. The quantitative estimate of drug-likeness (QED) is 0.782. The Morgan fingerprint density at radius 1 is 1.32 bits per heavy atom. The maximum absolute atomic E-state index is 10.7. The van der Waals surface area contributed by atoms with E-state index in [2.05, 4.69) is 0 Å². The van der Waals surface area contributed by atoms with Crippen molar-refractivity contribution in [3.63, 3.8) is 0 Å². The largest absolute Gasteiger partial charge is 0.446 e. The molecule has 1 fully saturated rings. The summed E-state index contributed by atoms with van der Waals surface area (Å²) < 4.78 is 17.0. The third kappa shape index (κ3) is 2.92. The summed E-state index contributed by atoms with van der Waals surface area (Å²) in [7, 11) is 0. The fraction of sp³-hybridized carbons (Fsp3) is 0.786. The van der Waals surface area contributed by atoms with E-state index >= 15 is 0 Å². The van der Waals surface area contributed by atoms with E-state index in [9.17, 15) is 4.79 Å². The highest BCUT2D eigenvalue weighted by molar-refractivity contribution is 5.64. The highest BCUT2D eigenvalue weighted by Gasteiger charge is 2.50. The molecule has 0 saturated carbocycles. The van der Waals surface area contributed by atoms with Crippen molar-refractivity contribution in [1.29, 1.82) is 0 Å². The van der Waals surface area contributed by atoms with Gasteiger partial charge in [0.05, 0.1) is 11.2 Å². The van der Waals surface area contributed by atoms with Crippen molar-refractivity contribution >= 4 is 6.09 Å². The maximum atomic E-state index is 10.7. The van der Waals surface area contributed by atoms with Gasteiger partial charge in [0.15, 0.2) is 6.29 Å². The van der Waals surface area contributed by atoms with E-state index in [-0.39, 0.29) is 23.6 Å². The molecule has 0 bridgehead atoms. The molecule has 108 valence electrons. The number of ether oxygens (including phenoxy) is 3. The second-order valence-electron chi connectivity index (χ2n) is 6.20. The van der Waals surface area contributed by atoms with E-state index < -0.39 is 6.09 Å². The minimum absolute atomic E-state index is 0.122. The van der Waals surface area contributed by atoms with Gasteiger partial charge < -0.3 is 19.9 Å². The van der Waals surface area contributed by atoms with Gasteiger partial charge in [-0.3, -0.25) is 0 Å². The Kier molecular flexibility index (Phi) is 3.62. The van der Waals surface area contributed by atoms with Gasteiger partial charge in [0.2, 0.25) is 0 Å². The summed E-state index contributed by atoms with van der Waals surface area (Å²) in [5.41, 5.74) is 5.51. The van der Waals surface area contributed by atoms with Crippen LogP contribution in [0.4, 0.5) is 4.79 Å². The molecule has 2 rings (SSSR count). The first-order chi connectivity index (χ1) is 8.71. The van der Waals surface area contributed by atoms with Gasteiger partial charge >= 0.3 is 6.09 Å². The molecular formula is C14H23NO4. The first-order valence-electron chi connectivity index (χ1n) is 6.72. The number of primary amides is 1. The Labute approximate surface area is 114 Å². The van der Waals surface area contributed by atoms with Crippen molar-refractivity contribution in [2.75, 3.05) is 0 Å². The Hall–Kier alpha value is -1.07. The topological polar surface area (TPSA) is 70.8 Å². The van der Waals surface area contributed by atoms with Crippen LogP contribution >= 0.6 is 0 Å². The number of hydrogen-bond acceptors (Lipinski definition) is 4. The molecule has 1 amide bonds. The molecular weight excluding hydrogens is 246 g/mol. The van der Waals surface area contributed by atoms with Gasteiger partial charge in [-0.15, -0.1) is 0 Å². The number of amides is 1. The van der Waals surface area contributed by atoms with E-state index in [0.29, 0.717) is 6.42 Å². The summed E-state index contributed by atoms with van der Waals surface area (Å²) in [6.45, 7) is 8.15. The molecule has 1 aliphatic carbocycles. The van der Waals surface area contributed by atoms with Gasteiger partial charge in [-0.2, -0.15) is 0 Å². The van der Waals surface area contributed by atoms with Crippen LogP contribution < -0.4 is 5.73 Å². The summed E-state index contributed by atoms with van der Waals surface area (Å²) in [5.74, 6) is 0. The number of carbonyl (C=O) groups excluding carboxylic acids is 1. The van der Waals surface area contributed by atoms with E-state index in [1.165, 1.54) is 0 Å². The predicted molar refractivity (Wildman–Crippen MR) is 70.5 cm³/mol. The lowest BCUT2D eigenvalue weighted by atomic mass is 9.90. The zero-order valence-corrected chi connectivity index (χ0v) is 12.1. The molecule has 19 heavy (non-hydrogen) atoms. The van der Waals surface area contributed by atoms with Crippen LogP contribution in [0.2, 0.25) is 0 Å². The lowest BCUT2D eigenvalue weighted by molar-refractivity contribution is -0.0628. The average Bonchev–Trinajstić information content (AvgIpc) is 2.48. The third-order valence-corrected chi connectivity index (χ3v) is 4.24. The molecule has 0 aromatic carbocycles. The zero-order chi connectivity index (χ0) is 14.3. The fourth-order valence-electron chi connectivity index (χ4n) is 2.31. The van der Waals surface area contributed by atoms with Crippen LogP contribution in [0.25, 0.3) is 0 Å². The molecule has 1 heterocycles. The summed E-state index contributed by atoms with van der Waals surface area (Å²) in [5, 5.41) is 0. The molecule has 1 aliphatic heterocycles. The molecule has 0 radical (unpaired) electrons. The third-order valence-electron chi connectivity index (χ3n) is 4.24. The van der Waals surface area contributed by atoms with Gasteiger partial charge in [0.1, 0.15) is 6.10 Å². The Morgan fingerprint density at radius 2 is 1.89 bits per heavy atom. The maximum Gasteiger partial charge on any atom is 0.404 e. The Morgan fingerprint density at radius 3 is 2.32 bits per heavy atom. The smallest absolute Gasteiger partial charge is 0.404 e. The molecule has 1 unspecified atom stereocenters. The molecule has 2 aliphatic rings. The molecule has 5 heteroatoms. The van der Waals surface area contributed by atoms with Crippen molar-refractivity contribution in [2.24, 2.45) is 5.73 Å². The second kappa shape index (κ2) is 4.80. The standard InChI is InChI=1S/C14H23NO4/c1-13(2)14(3,4)19-11(18-13)9-5-7-10(8-6-9)17-12(15)16/h5,10-11H,6-8H2,1-4H3,(H2,15,16). The van der Waals surface area contributed by atoms with Crippen molar-refractivity contribution in [3.8, 4) is 0 Å². The number of nitrogens with two attached hydrogens (primary N) is 1. The molecule has 0 spiro atoms. The van der Waals surface area contributed by atoms with Gasteiger partial charge in [-0.25, -0.2) is 4.79 Å². The van der Waals surface area contributed by atoms with Crippen molar-refractivity contribution in [1.82, 2.24) is 0 Å². The van der Waals surface area contributed by atoms with Crippen LogP contribution in [-0.4, -0.2) is 29.7 Å². The number of carbonyl (C=O) groups is 1. The Balaban J connectivity index is 1.99. The molecule has 2 N–H and O–H groups in total. The lowest BCUT2D eigenvalue weighted by Gasteiger charge is -2.30. The second-order valence-corrected chi connectivity index (χ2v) is 6.20. The molecule has 1 saturated heterocycles. The van der Waals surface area contributed by atoms with Crippen molar-refractivity contribution in [2.45, 2.75) is 70.6 Å². The fourth-order valence-corrected chi connectivity index (χ4v) is 2.31. The summed E-state index contributed by atoms with van der Waals surface area (Å²) >= 11 is 0. The first-order valence-corrected chi connectivity index (χ1v) is 6.72. The molecule has 0 aromatic heterocycles. The number of rotatable bonds is 2. The highest BCUT2D eigenvalue weighted by Crippen LogP contribution is 2.42. The molecule has 1 atom stereocenters. The van der Waals surface area contributed by atoms with Gasteiger partial charge in [-0.05, 0) is 46.1 Å². The van der Waals surface area contributed by atoms with E-state index in [1.54, 1.807) is 0 Å². The van der Waals surface area contributed by atoms with Gasteiger partial charge in [-0.1, -0.05) is 6.08 Å².